The number of esters is 1. The molecule has 0 aromatic rings. The molecule has 0 saturated carbocycles. The fourth-order valence-electron chi connectivity index (χ4n) is 2.41. The van der Waals surface area contributed by atoms with E-state index in [1.165, 1.54) is 0 Å². The quantitative estimate of drug-likeness (QED) is 0.164. The van der Waals surface area contributed by atoms with Gasteiger partial charge in [-0.05, 0) is 85.6 Å². The van der Waals surface area contributed by atoms with Gasteiger partial charge in [0.2, 0.25) is 0 Å². The molecule has 0 amide bonds. The second-order valence-corrected chi connectivity index (χ2v) is 24.1. The first-order valence-electron chi connectivity index (χ1n) is 10.1. The van der Waals surface area contributed by atoms with Gasteiger partial charge in [-0.1, -0.05) is 6.92 Å². The topological polar surface area (TPSA) is 54.0 Å². The molecule has 0 aliphatic heterocycles. The zero-order chi connectivity index (χ0) is 21.7. The third kappa shape index (κ3) is 12.2. The Kier molecular flexibility index (Phi) is 9.67. The van der Waals surface area contributed by atoms with Crippen LogP contribution in [0.4, 0.5) is 0 Å². The summed E-state index contributed by atoms with van der Waals surface area (Å²) in [5.74, 6) is -1.19. The summed E-state index contributed by atoms with van der Waals surface area (Å²) < 4.78 is 25.0. The van der Waals surface area contributed by atoms with Gasteiger partial charge in [0.15, 0.2) is 25.0 Å². The van der Waals surface area contributed by atoms with Crippen LogP contribution in [0.3, 0.4) is 0 Å². The van der Waals surface area contributed by atoms with Crippen molar-refractivity contribution in [1.29, 1.82) is 0 Å². The maximum absolute atomic E-state index is 12.2. The minimum atomic E-state index is -1.92. The molecule has 0 aliphatic carbocycles. The number of hydrogen-bond acceptors (Lipinski definition) is 5. The lowest BCUT2D eigenvalue weighted by molar-refractivity contribution is -0.275. The predicted molar refractivity (Wildman–Crippen MR) is 120 cm³/mol. The Bertz CT molecular complexity index is 432. The van der Waals surface area contributed by atoms with Crippen molar-refractivity contribution in [1.82, 2.24) is 0 Å². The van der Waals surface area contributed by atoms with Gasteiger partial charge >= 0.3 is 5.97 Å². The van der Waals surface area contributed by atoms with Crippen molar-refractivity contribution in [2.75, 3.05) is 6.61 Å². The van der Waals surface area contributed by atoms with Crippen LogP contribution in [-0.2, 0) is 22.8 Å². The largest absolute Gasteiger partial charge is 0.465 e. The summed E-state index contributed by atoms with van der Waals surface area (Å²) in [6, 6.07) is 0. The molecule has 0 saturated heterocycles. The zero-order valence-corrected chi connectivity index (χ0v) is 22.9. The molecule has 0 spiro atoms. The summed E-state index contributed by atoms with van der Waals surface area (Å²) in [4.78, 5) is 12.2. The molecule has 0 rings (SSSR count). The van der Waals surface area contributed by atoms with Gasteiger partial charge in [-0.25, -0.2) is 0 Å². The van der Waals surface area contributed by atoms with Crippen LogP contribution in [0.1, 0.15) is 40.0 Å². The summed E-state index contributed by atoms with van der Waals surface area (Å²) in [6.07, 6.45) is 1.96. The van der Waals surface area contributed by atoms with Gasteiger partial charge < -0.3 is 18.0 Å². The van der Waals surface area contributed by atoms with Crippen molar-refractivity contribution < 1.29 is 22.8 Å². The molecule has 0 unspecified atom stereocenters. The zero-order valence-electron chi connectivity index (χ0n) is 19.9. The van der Waals surface area contributed by atoms with Crippen LogP contribution in [0.2, 0.25) is 58.9 Å². The molecular formula is C19H44O5Si3. The molecule has 27 heavy (non-hydrogen) atoms. The second-order valence-electron chi connectivity index (χ2n) is 10.8. The van der Waals surface area contributed by atoms with Crippen LogP contribution in [0, 0.1) is 5.41 Å². The summed E-state index contributed by atoms with van der Waals surface area (Å²) in [5.41, 5.74) is -0.449. The van der Waals surface area contributed by atoms with E-state index < -0.39 is 36.3 Å². The van der Waals surface area contributed by atoms with Crippen molar-refractivity contribution >= 4 is 30.9 Å². The summed E-state index contributed by atoms with van der Waals surface area (Å²) in [7, 11) is -5.77. The lowest BCUT2D eigenvalue weighted by atomic mass is 9.91. The maximum atomic E-state index is 12.2. The molecule has 0 N–H and O–H groups in total. The number of carbonyl (C=O) groups excluding carboxylic acids is 1. The van der Waals surface area contributed by atoms with Gasteiger partial charge in [0.1, 0.15) is 0 Å². The van der Waals surface area contributed by atoms with E-state index in [4.69, 9.17) is 18.0 Å². The Balaban J connectivity index is 5.29. The molecule has 0 fully saturated rings. The Morgan fingerprint density at radius 3 is 1.44 bits per heavy atom. The van der Waals surface area contributed by atoms with Crippen LogP contribution in [0.5, 0.6) is 0 Å². The van der Waals surface area contributed by atoms with E-state index in [0.717, 1.165) is 6.42 Å². The van der Waals surface area contributed by atoms with Crippen LogP contribution in [0.15, 0.2) is 0 Å². The van der Waals surface area contributed by atoms with Crippen LogP contribution < -0.4 is 0 Å². The van der Waals surface area contributed by atoms with Gasteiger partial charge in [0.25, 0.3) is 5.97 Å². The van der Waals surface area contributed by atoms with Crippen molar-refractivity contribution in [3.05, 3.63) is 0 Å². The van der Waals surface area contributed by atoms with Gasteiger partial charge in [0.05, 0.1) is 12.0 Å². The first-order valence-corrected chi connectivity index (χ1v) is 20.3. The summed E-state index contributed by atoms with van der Waals surface area (Å²) >= 11 is 0. The van der Waals surface area contributed by atoms with Crippen molar-refractivity contribution in [3.63, 3.8) is 0 Å². The molecular weight excluding hydrogens is 392 g/mol. The summed E-state index contributed by atoms with van der Waals surface area (Å²) in [6.45, 7) is 25.5. The van der Waals surface area contributed by atoms with Crippen molar-refractivity contribution in [2.24, 2.45) is 5.41 Å². The minimum absolute atomic E-state index is 0.154. The van der Waals surface area contributed by atoms with Gasteiger partial charge in [-0.3, -0.25) is 4.79 Å². The van der Waals surface area contributed by atoms with E-state index in [9.17, 15) is 4.79 Å². The highest BCUT2D eigenvalue weighted by atomic mass is 28.4. The highest BCUT2D eigenvalue weighted by Crippen LogP contribution is 2.33. The highest BCUT2D eigenvalue weighted by Gasteiger charge is 2.44. The van der Waals surface area contributed by atoms with Crippen LogP contribution >= 0.6 is 0 Å². The summed E-state index contributed by atoms with van der Waals surface area (Å²) in [5, 5.41) is 0. The maximum Gasteiger partial charge on any atom is 0.311 e. The molecule has 0 radical (unpaired) electrons. The Morgan fingerprint density at radius 1 is 0.778 bits per heavy atom. The van der Waals surface area contributed by atoms with Gasteiger partial charge in [-0.2, -0.15) is 0 Å². The van der Waals surface area contributed by atoms with E-state index in [1.807, 2.05) is 20.8 Å². The van der Waals surface area contributed by atoms with E-state index in [0.29, 0.717) is 19.4 Å². The first-order chi connectivity index (χ1) is 11.8. The van der Waals surface area contributed by atoms with Crippen LogP contribution in [0.25, 0.3) is 0 Å². The lowest BCUT2D eigenvalue weighted by Crippen LogP contribution is -2.56. The van der Waals surface area contributed by atoms with Gasteiger partial charge in [-0.15, -0.1) is 0 Å². The third-order valence-corrected chi connectivity index (χ3v) is 6.45. The number of hydrogen-bond donors (Lipinski definition) is 0. The van der Waals surface area contributed by atoms with E-state index in [2.05, 4.69) is 58.9 Å². The molecule has 0 bridgehead atoms. The Labute approximate surface area is 170 Å². The molecule has 162 valence electrons. The SMILES string of the molecule is CCC(C)(C)C(=O)OCCCC(O[Si](C)(C)C)(O[Si](C)(C)C)O[Si](C)(C)C. The fourth-order valence-corrected chi connectivity index (χ4v) is 6.01. The molecule has 0 heterocycles. The van der Waals surface area contributed by atoms with Crippen LogP contribution in [-0.4, -0.2) is 43.5 Å². The van der Waals surface area contributed by atoms with E-state index >= 15 is 0 Å². The van der Waals surface area contributed by atoms with Crippen molar-refractivity contribution in [3.8, 4) is 0 Å². The van der Waals surface area contributed by atoms with E-state index in [1.54, 1.807) is 0 Å². The van der Waals surface area contributed by atoms with E-state index in [-0.39, 0.29) is 5.97 Å². The monoisotopic (exact) mass is 436 g/mol. The first kappa shape index (κ1) is 27.0. The third-order valence-electron chi connectivity index (χ3n) is 3.68. The Hall–Kier alpha value is 0.000649. The average molecular weight is 437 g/mol. The molecule has 0 atom stereocenters. The molecule has 0 aromatic heterocycles. The number of carbonyl (C=O) groups is 1. The lowest BCUT2D eigenvalue weighted by Gasteiger charge is -2.45. The standard InChI is InChI=1S/C19H44O5Si3/c1-13-18(2,3)17(20)21-16-14-15-19(22-25(4,5)6,23-26(7,8)9)24-27(10,11)12/h13-16H2,1-12H3. The normalized spacial score (nSPS) is 14.4. The molecule has 8 heteroatoms. The van der Waals surface area contributed by atoms with Gasteiger partial charge in [0, 0.05) is 6.42 Å². The molecule has 0 aliphatic rings. The van der Waals surface area contributed by atoms with Crippen molar-refractivity contribution in [2.45, 2.75) is 105 Å². The molecule has 0 aromatic carbocycles. The Morgan fingerprint density at radius 2 is 1.15 bits per heavy atom. The smallest absolute Gasteiger partial charge is 0.311 e. The highest BCUT2D eigenvalue weighted by molar-refractivity contribution is 6.72. The average Bonchev–Trinajstić information content (AvgIpc) is 2.37. The number of rotatable bonds is 12. The fraction of sp³-hybridized carbons (Fsp3) is 0.947. The minimum Gasteiger partial charge on any atom is -0.465 e. The number of ether oxygens (including phenoxy) is 1. The second kappa shape index (κ2) is 9.67. The predicted octanol–water partition coefficient (Wildman–Crippen LogP) is 5.95. The molecule has 5 nitrogen and oxygen atoms in total.